The summed E-state index contributed by atoms with van der Waals surface area (Å²) in [6.45, 7) is 7.71. The number of benzene rings is 2. The van der Waals surface area contributed by atoms with Crippen LogP contribution in [0.25, 0.3) is 0 Å². The lowest BCUT2D eigenvalue weighted by molar-refractivity contribution is 0.171. The van der Waals surface area contributed by atoms with Crippen molar-refractivity contribution in [2.24, 2.45) is 0 Å². The maximum atomic E-state index is 5.38. The van der Waals surface area contributed by atoms with Gasteiger partial charge in [0.2, 0.25) is 6.79 Å². The molecule has 0 fully saturated rings. The van der Waals surface area contributed by atoms with Gasteiger partial charge in [-0.1, -0.05) is 32.0 Å². The molecule has 0 bridgehead atoms. The van der Waals surface area contributed by atoms with E-state index in [0.717, 1.165) is 28.3 Å². The molecule has 2 aromatic carbocycles. The molecule has 0 saturated heterocycles. The first-order valence-corrected chi connectivity index (χ1v) is 8.32. The number of fused-ring (bicyclic) bond motifs is 2. The first kappa shape index (κ1) is 17.4. The molecule has 0 aliphatic carbocycles. The van der Waals surface area contributed by atoms with Gasteiger partial charge in [-0.25, -0.2) is 0 Å². The van der Waals surface area contributed by atoms with Crippen molar-refractivity contribution < 1.29 is 18.9 Å². The van der Waals surface area contributed by atoms with Crippen molar-refractivity contribution in [2.75, 3.05) is 20.0 Å². The molecular weight excluding hydrogens is 311 g/mol. The van der Waals surface area contributed by atoms with E-state index in [1.54, 1.807) is 0 Å². The van der Waals surface area contributed by atoms with Gasteiger partial charge in [-0.3, -0.25) is 0 Å². The molecule has 4 rings (SSSR count). The van der Waals surface area contributed by atoms with Crippen LogP contribution in [0.4, 0.5) is 0 Å². The molecule has 124 valence electrons. The van der Waals surface area contributed by atoms with Gasteiger partial charge in [0.05, 0.1) is 0 Å². The highest BCUT2D eigenvalue weighted by atomic mass is 31.0. The van der Waals surface area contributed by atoms with Gasteiger partial charge in [0.1, 0.15) is 13.2 Å². The Hall–Kier alpha value is -1.93. The summed E-state index contributed by atoms with van der Waals surface area (Å²) in [7, 11) is 2.60. The lowest BCUT2D eigenvalue weighted by Gasteiger charge is -2.18. The summed E-state index contributed by atoms with van der Waals surface area (Å²) in [5, 5.41) is 1.05. The fourth-order valence-electron chi connectivity index (χ4n) is 2.10. The average Bonchev–Trinajstić information content (AvgIpc) is 3.07. The maximum absolute atomic E-state index is 5.38. The van der Waals surface area contributed by atoms with Gasteiger partial charge in [-0.2, -0.15) is 0 Å². The predicted octanol–water partition coefficient (Wildman–Crippen LogP) is 3.71. The van der Waals surface area contributed by atoms with Crippen LogP contribution >= 0.6 is 9.24 Å². The van der Waals surface area contributed by atoms with Crippen LogP contribution in [0.1, 0.15) is 19.4 Å². The Labute approximate surface area is 139 Å². The van der Waals surface area contributed by atoms with Gasteiger partial charge in [-0.05, 0) is 30.7 Å². The molecule has 0 radical (unpaired) electrons. The van der Waals surface area contributed by atoms with Crippen LogP contribution in [-0.4, -0.2) is 20.0 Å². The Morgan fingerprint density at radius 1 is 0.826 bits per heavy atom. The van der Waals surface area contributed by atoms with E-state index in [0.29, 0.717) is 20.0 Å². The number of hydrogen-bond acceptors (Lipinski definition) is 4. The van der Waals surface area contributed by atoms with E-state index in [9.17, 15) is 0 Å². The van der Waals surface area contributed by atoms with Crippen molar-refractivity contribution in [1.29, 1.82) is 0 Å². The van der Waals surface area contributed by atoms with E-state index in [1.165, 1.54) is 5.56 Å². The minimum Gasteiger partial charge on any atom is -0.486 e. The summed E-state index contributed by atoms with van der Waals surface area (Å²) in [5.74, 6) is 3.43. The lowest BCUT2D eigenvalue weighted by atomic mass is 10.2. The SMILES string of the molecule is CC.Cc1ccc2c(c1)OCCO2.Pc1cccc2c1OCO2. The van der Waals surface area contributed by atoms with Gasteiger partial charge in [0, 0.05) is 5.30 Å². The first-order chi connectivity index (χ1) is 11.2. The summed E-state index contributed by atoms with van der Waals surface area (Å²) in [4.78, 5) is 0. The number of rotatable bonds is 0. The average molecular weight is 334 g/mol. The van der Waals surface area contributed by atoms with Gasteiger partial charge in [0.25, 0.3) is 0 Å². The molecule has 2 aliphatic heterocycles. The smallest absolute Gasteiger partial charge is 0.231 e. The van der Waals surface area contributed by atoms with E-state index in [-0.39, 0.29) is 0 Å². The van der Waals surface area contributed by atoms with Gasteiger partial charge < -0.3 is 18.9 Å². The van der Waals surface area contributed by atoms with Gasteiger partial charge in [0.15, 0.2) is 23.0 Å². The first-order valence-electron chi connectivity index (χ1n) is 7.74. The van der Waals surface area contributed by atoms with Crippen molar-refractivity contribution in [2.45, 2.75) is 20.8 Å². The quantitative estimate of drug-likeness (QED) is 0.688. The third-order valence-corrected chi connectivity index (χ3v) is 3.58. The Bertz CT molecular complexity index is 643. The molecule has 0 spiro atoms. The summed E-state index contributed by atoms with van der Waals surface area (Å²) >= 11 is 0. The van der Waals surface area contributed by atoms with E-state index >= 15 is 0 Å². The van der Waals surface area contributed by atoms with Crippen molar-refractivity contribution in [3.8, 4) is 23.0 Å². The maximum Gasteiger partial charge on any atom is 0.231 e. The Balaban J connectivity index is 0.000000152. The minimum absolute atomic E-state index is 0.348. The fourth-order valence-corrected chi connectivity index (χ4v) is 2.44. The number of para-hydroxylation sites is 1. The van der Waals surface area contributed by atoms with Crippen LogP contribution in [0.3, 0.4) is 0 Å². The molecule has 0 saturated carbocycles. The van der Waals surface area contributed by atoms with Crippen LogP contribution in [0.15, 0.2) is 36.4 Å². The molecule has 2 aromatic rings. The second-order valence-electron chi connectivity index (χ2n) is 4.73. The number of hydrogen-bond donors (Lipinski definition) is 0. The zero-order chi connectivity index (χ0) is 16.7. The standard InChI is InChI=1S/C9H10O2.C7H7O2P.C2H6/c1-7-2-3-8-9(6-7)11-5-4-10-8;10-6-3-1-2-5-7(6)9-4-8-5;1-2/h2-3,6H,4-5H2,1H3;1-3H,4,10H2;1-2H3. The minimum atomic E-state index is 0.348. The van der Waals surface area contributed by atoms with E-state index in [1.807, 2.05) is 57.2 Å². The Kier molecular flexibility index (Phi) is 6.54. The zero-order valence-corrected chi connectivity index (χ0v) is 15.0. The van der Waals surface area contributed by atoms with E-state index in [4.69, 9.17) is 18.9 Å². The van der Waals surface area contributed by atoms with Crippen molar-refractivity contribution in [3.63, 3.8) is 0 Å². The highest BCUT2D eigenvalue weighted by molar-refractivity contribution is 7.27. The summed E-state index contributed by atoms with van der Waals surface area (Å²) < 4.78 is 21.1. The highest BCUT2D eigenvalue weighted by Crippen LogP contribution is 2.31. The molecule has 2 aliphatic rings. The van der Waals surface area contributed by atoms with Crippen molar-refractivity contribution in [3.05, 3.63) is 42.0 Å². The van der Waals surface area contributed by atoms with Crippen molar-refractivity contribution in [1.82, 2.24) is 0 Å². The van der Waals surface area contributed by atoms with Crippen molar-refractivity contribution >= 4 is 14.5 Å². The number of ether oxygens (including phenoxy) is 4. The predicted molar refractivity (Wildman–Crippen MR) is 95.4 cm³/mol. The molecule has 0 aromatic heterocycles. The Morgan fingerprint density at radius 2 is 1.57 bits per heavy atom. The topological polar surface area (TPSA) is 36.9 Å². The summed E-state index contributed by atoms with van der Waals surface area (Å²) in [6.07, 6.45) is 0. The number of aryl methyl sites for hydroxylation is 1. The Morgan fingerprint density at radius 3 is 2.30 bits per heavy atom. The van der Waals surface area contributed by atoms with Crippen LogP contribution < -0.4 is 24.3 Å². The lowest BCUT2D eigenvalue weighted by Crippen LogP contribution is -2.15. The molecule has 5 heteroatoms. The molecule has 1 unspecified atom stereocenters. The largest absolute Gasteiger partial charge is 0.486 e. The molecular formula is C18H23O4P. The second-order valence-corrected chi connectivity index (χ2v) is 5.35. The summed E-state index contributed by atoms with van der Waals surface area (Å²) in [6, 6.07) is 11.8. The fraction of sp³-hybridized carbons (Fsp3) is 0.333. The second kappa shape index (κ2) is 8.64. The van der Waals surface area contributed by atoms with E-state index < -0.39 is 0 Å². The molecule has 1 atom stereocenters. The third kappa shape index (κ3) is 4.52. The normalized spacial score (nSPS) is 13.2. The zero-order valence-electron chi connectivity index (χ0n) is 13.8. The van der Waals surface area contributed by atoms with Gasteiger partial charge >= 0.3 is 0 Å². The third-order valence-electron chi connectivity index (χ3n) is 3.12. The van der Waals surface area contributed by atoms with Crippen LogP contribution in [0.2, 0.25) is 0 Å². The van der Waals surface area contributed by atoms with Crippen LogP contribution in [0, 0.1) is 6.92 Å². The summed E-state index contributed by atoms with van der Waals surface area (Å²) in [5.41, 5.74) is 1.20. The van der Waals surface area contributed by atoms with Crippen LogP contribution in [-0.2, 0) is 0 Å². The van der Waals surface area contributed by atoms with E-state index in [2.05, 4.69) is 9.24 Å². The molecule has 0 amide bonds. The highest BCUT2D eigenvalue weighted by Gasteiger charge is 2.13. The molecule has 2 heterocycles. The molecule has 0 N–H and O–H groups in total. The molecule has 4 nitrogen and oxygen atoms in total. The van der Waals surface area contributed by atoms with Crippen LogP contribution in [0.5, 0.6) is 23.0 Å². The van der Waals surface area contributed by atoms with Gasteiger partial charge in [-0.15, -0.1) is 9.24 Å². The monoisotopic (exact) mass is 334 g/mol. The molecule has 23 heavy (non-hydrogen) atoms.